The fraction of sp³-hybridized carbons (Fsp3) is 0.318. The minimum absolute atomic E-state index is 0.218. The average Bonchev–Trinajstić information content (AvgIpc) is 3.02. The molecule has 4 rings (SSSR count). The van der Waals surface area contributed by atoms with Gasteiger partial charge >= 0.3 is 5.97 Å². The standard InChI is InChI=1S/C22H22FNO3S/c1-13-10-20-17(12-18(13)23)21(14(2)28-20)15-4-5-19(16(11-15)22(25)26-3)24-6-8-27-9-7-24/h4-5,10-12H,6-9H2,1-3H3. The Kier molecular flexibility index (Phi) is 5.08. The Morgan fingerprint density at radius 1 is 1.18 bits per heavy atom. The van der Waals surface area contributed by atoms with Crippen LogP contribution >= 0.6 is 11.3 Å². The van der Waals surface area contributed by atoms with E-state index in [0.29, 0.717) is 24.3 Å². The van der Waals surface area contributed by atoms with Gasteiger partial charge in [0, 0.05) is 33.6 Å². The normalized spacial score (nSPS) is 14.5. The number of carbonyl (C=O) groups excluding carboxylic acids is 1. The van der Waals surface area contributed by atoms with Gasteiger partial charge in [0.1, 0.15) is 5.82 Å². The van der Waals surface area contributed by atoms with Crippen LogP contribution in [0.1, 0.15) is 20.8 Å². The van der Waals surface area contributed by atoms with E-state index in [1.54, 1.807) is 24.3 Å². The predicted octanol–water partition coefficient (Wildman–Crippen LogP) is 4.95. The molecule has 0 spiro atoms. The number of hydrogen-bond donors (Lipinski definition) is 0. The number of aryl methyl sites for hydroxylation is 2. The molecule has 0 bridgehead atoms. The van der Waals surface area contributed by atoms with Gasteiger partial charge in [0.25, 0.3) is 0 Å². The monoisotopic (exact) mass is 399 g/mol. The molecule has 1 aliphatic rings. The van der Waals surface area contributed by atoms with E-state index in [4.69, 9.17) is 9.47 Å². The summed E-state index contributed by atoms with van der Waals surface area (Å²) >= 11 is 1.64. The third-order valence-electron chi connectivity index (χ3n) is 5.19. The third-order valence-corrected chi connectivity index (χ3v) is 6.26. The maximum absolute atomic E-state index is 14.2. The minimum Gasteiger partial charge on any atom is -0.465 e. The van der Waals surface area contributed by atoms with Gasteiger partial charge < -0.3 is 14.4 Å². The second-order valence-corrected chi connectivity index (χ2v) is 8.21. The van der Waals surface area contributed by atoms with Crippen molar-refractivity contribution in [3.8, 4) is 11.1 Å². The van der Waals surface area contributed by atoms with Crippen molar-refractivity contribution >= 4 is 33.1 Å². The van der Waals surface area contributed by atoms with Gasteiger partial charge in [-0.2, -0.15) is 0 Å². The molecule has 6 heteroatoms. The molecular weight excluding hydrogens is 377 g/mol. The third kappa shape index (κ3) is 3.27. The number of nitrogens with zero attached hydrogens (tertiary/aromatic N) is 1. The molecule has 0 saturated carbocycles. The topological polar surface area (TPSA) is 38.8 Å². The van der Waals surface area contributed by atoms with Crippen molar-refractivity contribution in [1.29, 1.82) is 0 Å². The molecule has 2 heterocycles. The van der Waals surface area contributed by atoms with Crippen LogP contribution in [0.25, 0.3) is 21.2 Å². The van der Waals surface area contributed by atoms with Gasteiger partial charge in [0.2, 0.25) is 0 Å². The van der Waals surface area contributed by atoms with Gasteiger partial charge in [-0.3, -0.25) is 0 Å². The molecule has 1 fully saturated rings. The van der Waals surface area contributed by atoms with Crippen LogP contribution in [-0.4, -0.2) is 39.4 Å². The van der Waals surface area contributed by atoms with E-state index in [2.05, 4.69) is 4.90 Å². The molecule has 0 aliphatic carbocycles. The summed E-state index contributed by atoms with van der Waals surface area (Å²) < 4.78 is 25.7. The lowest BCUT2D eigenvalue weighted by Gasteiger charge is -2.30. The summed E-state index contributed by atoms with van der Waals surface area (Å²) in [5, 5.41) is 0.875. The maximum Gasteiger partial charge on any atom is 0.339 e. The number of rotatable bonds is 3. The molecule has 1 aliphatic heterocycles. The fourth-order valence-corrected chi connectivity index (χ4v) is 4.91. The first-order valence-corrected chi connectivity index (χ1v) is 10.1. The highest BCUT2D eigenvalue weighted by atomic mass is 32.1. The number of halogens is 1. The molecule has 1 aromatic heterocycles. The van der Waals surface area contributed by atoms with E-state index >= 15 is 0 Å². The summed E-state index contributed by atoms with van der Waals surface area (Å²) in [7, 11) is 1.39. The van der Waals surface area contributed by atoms with Crippen molar-refractivity contribution < 1.29 is 18.7 Å². The number of ether oxygens (including phenoxy) is 2. The number of benzene rings is 2. The first-order valence-electron chi connectivity index (χ1n) is 9.24. The van der Waals surface area contributed by atoms with Gasteiger partial charge in [-0.05, 0) is 49.2 Å². The molecule has 2 aromatic carbocycles. The first-order chi connectivity index (χ1) is 13.5. The van der Waals surface area contributed by atoms with Crippen LogP contribution in [0, 0.1) is 19.7 Å². The number of morpholine rings is 1. The van der Waals surface area contributed by atoms with Crippen LogP contribution in [-0.2, 0) is 9.47 Å². The number of hydrogen-bond acceptors (Lipinski definition) is 5. The SMILES string of the molecule is COC(=O)c1cc(-c2c(C)sc3cc(C)c(F)cc23)ccc1N1CCOCC1. The van der Waals surface area contributed by atoms with Crippen LogP contribution in [0.15, 0.2) is 30.3 Å². The Labute approximate surface area is 167 Å². The molecule has 146 valence electrons. The quantitative estimate of drug-likeness (QED) is 0.585. The van der Waals surface area contributed by atoms with E-state index in [9.17, 15) is 9.18 Å². The highest BCUT2D eigenvalue weighted by Crippen LogP contribution is 2.40. The molecular formula is C22H22FNO3S. The number of carbonyl (C=O) groups is 1. The van der Waals surface area contributed by atoms with Gasteiger partial charge in [0.15, 0.2) is 0 Å². The van der Waals surface area contributed by atoms with Crippen molar-refractivity contribution in [2.45, 2.75) is 13.8 Å². The van der Waals surface area contributed by atoms with Gasteiger partial charge in [-0.1, -0.05) is 6.07 Å². The highest BCUT2D eigenvalue weighted by Gasteiger charge is 2.22. The Bertz CT molecular complexity index is 1050. The molecule has 1 saturated heterocycles. The lowest BCUT2D eigenvalue weighted by molar-refractivity contribution is 0.0600. The smallest absolute Gasteiger partial charge is 0.339 e. The Morgan fingerprint density at radius 2 is 1.93 bits per heavy atom. The largest absolute Gasteiger partial charge is 0.465 e. The molecule has 0 atom stereocenters. The zero-order valence-electron chi connectivity index (χ0n) is 16.2. The minimum atomic E-state index is -0.373. The van der Waals surface area contributed by atoms with Crippen LogP contribution in [0.5, 0.6) is 0 Å². The summed E-state index contributed by atoms with van der Waals surface area (Å²) in [5.41, 5.74) is 3.87. The number of esters is 1. The summed E-state index contributed by atoms with van der Waals surface area (Å²) in [6.45, 7) is 6.53. The predicted molar refractivity (Wildman–Crippen MR) is 111 cm³/mol. The number of methoxy groups -OCH3 is 1. The molecule has 0 N–H and O–H groups in total. The van der Waals surface area contributed by atoms with Crippen molar-refractivity contribution in [2.24, 2.45) is 0 Å². The Morgan fingerprint density at radius 3 is 2.64 bits per heavy atom. The second kappa shape index (κ2) is 7.53. The second-order valence-electron chi connectivity index (χ2n) is 6.95. The van der Waals surface area contributed by atoms with Crippen LogP contribution in [0.3, 0.4) is 0 Å². The molecule has 28 heavy (non-hydrogen) atoms. The highest BCUT2D eigenvalue weighted by molar-refractivity contribution is 7.19. The number of thiophene rings is 1. The molecule has 0 radical (unpaired) electrons. The summed E-state index contributed by atoms with van der Waals surface area (Å²) in [4.78, 5) is 15.7. The van der Waals surface area contributed by atoms with Crippen molar-refractivity contribution in [3.05, 3.63) is 52.2 Å². The van der Waals surface area contributed by atoms with E-state index < -0.39 is 0 Å². The zero-order valence-corrected chi connectivity index (χ0v) is 17.0. The molecule has 0 unspecified atom stereocenters. The molecule has 0 amide bonds. The number of anilines is 1. The zero-order chi connectivity index (χ0) is 19.8. The van der Waals surface area contributed by atoms with E-state index in [0.717, 1.165) is 44.9 Å². The summed E-state index contributed by atoms with van der Waals surface area (Å²) in [5.74, 6) is -0.591. The number of fused-ring (bicyclic) bond motifs is 1. The Hall–Kier alpha value is -2.44. The van der Waals surface area contributed by atoms with Crippen LogP contribution < -0.4 is 4.90 Å². The van der Waals surface area contributed by atoms with Crippen LogP contribution in [0.2, 0.25) is 0 Å². The van der Waals surface area contributed by atoms with Crippen molar-refractivity contribution in [3.63, 3.8) is 0 Å². The molecule has 4 nitrogen and oxygen atoms in total. The Balaban J connectivity index is 1.87. The maximum atomic E-state index is 14.2. The molecule has 3 aromatic rings. The fourth-order valence-electron chi connectivity index (χ4n) is 3.74. The van der Waals surface area contributed by atoms with E-state index in [1.165, 1.54) is 7.11 Å². The van der Waals surface area contributed by atoms with E-state index in [1.807, 2.05) is 31.2 Å². The van der Waals surface area contributed by atoms with E-state index in [-0.39, 0.29) is 11.8 Å². The van der Waals surface area contributed by atoms with Gasteiger partial charge in [-0.25, -0.2) is 9.18 Å². The van der Waals surface area contributed by atoms with Crippen molar-refractivity contribution in [2.75, 3.05) is 38.3 Å². The lowest BCUT2D eigenvalue weighted by Crippen LogP contribution is -2.37. The summed E-state index contributed by atoms with van der Waals surface area (Å²) in [6.07, 6.45) is 0. The van der Waals surface area contributed by atoms with Crippen LogP contribution in [0.4, 0.5) is 10.1 Å². The van der Waals surface area contributed by atoms with Crippen molar-refractivity contribution in [1.82, 2.24) is 0 Å². The average molecular weight is 399 g/mol. The van der Waals surface area contributed by atoms with Gasteiger partial charge in [0.05, 0.1) is 31.6 Å². The summed E-state index contributed by atoms with van der Waals surface area (Å²) in [6, 6.07) is 9.30. The lowest BCUT2D eigenvalue weighted by atomic mass is 9.98. The van der Waals surface area contributed by atoms with Gasteiger partial charge in [-0.15, -0.1) is 11.3 Å². The first kappa shape index (κ1) is 18.9.